The average Bonchev–Trinajstić information content (AvgIpc) is 3.60. The molecule has 1 aliphatic rings. The Labute approximate surface area is 226 Å². The largest absolute Gasteiger partial charge is 0.364 e. The van der Waals surface area contributed by atoms with Gasteiger partial charge in [-0.05, 0) is 49.3 Å². The number of benzene rings is 1. The Morgan fingerprint density at radius 3 is 2.64 bits per heavy atom. The summed E-state index contributed by atoms with van der Waals surface area (Å²) in [5, 5.41) is 7.08. The second kappa shape index (κ2) is 11.0. The molecule has 5 rings (SSSR count). The van der Waals surface area contributed by atoms with Crippen molar-refractivity contribution in [2.24, 2.45) is 11.8 Å². The van der Waals surface area contributed by atoms with Crippen LogP contribution < -0.4 is 5.32 Å². The molecule has 3 heterocycles. The summed E-state index contributed by atoms with van der Waals surface area (Å²) in [4.78, 5) is 39.6. The number of carbonyl (C=O) groups is 2. The summed E-state index contributed by atoms with van der Waals surface area (Å²) in [5.41, 5.74) is 2.63. The first-order valence-corrected chi connectivity index (χ1v) is 13.4. The SMILES string of the molecule is CCc1nocc1C(=O)N[C@H](c1nc2c(F)c(-c3cnccc3C(=O)N(C)C)ccc2[nH]1)[C@H]1CC[C@H](C)CC1. The van der Waals surface area contributed by atoms with Gasteiger partial charge in [0, 0.05) is 37.6 Å². The fraction of sp³-hybridized carbons (Fsp3) is 0.414. The third-order valence-corrected chi connectivity index (χ3v) is 7.70. The Balaban J connectivity index is 1.54. The molecule has 0 spiro atoms. The number of pyridine rings is 1. The standard InChI is InChI=1S/C29H33FN6O3/c1-5-22-21(15-39-35-22)28(37)34-25(17-8-6-16(2)7-9-17)27-32-23-11-10-18(24(30)26(23)33-27)20-14-31-13-12-19(20)29(38)36(3)4/h10-17,25H,5-9H2,1-4H3,(H,32,33)(H,34,37)/t16-,17-,25-/m0/s1. The second-order valence-corrected chi connectivity index (χ2v) is 10.6. The molecule has 1 atom stereocenters. The molecular weight excluding hydrogens is 499 g/mol. The lowest BCUT2D eigenvalue weighted by Crippen LogP contribution is -2.36. The number of halogens is 1. The quantitative estimate of drug-likeness (QED) is 0.333. The number of aromatic nitrogens is 4. The zero-order chi connectivity index (χ0) is 27.7. The van der Waals surface area contributed by atoms with Crippen LogP contribution in [0.2, 0.25) is 0 Å². The zero-order valence-corrected chi connectivity index (χ0v) is 22.6. The molecule has 9 nitrogen and oxygen atoms in total. The monoisotopic (exact) mass is 532 g/mol. The molecule has 0 unspecified atom stereocenters. The first kappa shape index (κ1) is 26.5. The topological polar surface area (TPSA) is 117 Å². The highest BCUT2D eigenvalue weighted by molar-refractivity contribution is 6.01. The minimum atomic E-state index is -0.551. The second-order valence-electron chi connectivity index (χ2n) is 10.6. The lowest BCUT2D eigenvalue weighted by molar-refractivity contribution is 0.0827. The third-order valence-electron chi connectivity index (χ3n) is 7.70. The molecule has 0 saturated heterocycles. The Hall–Kier alpha value is -4.08. The van der Waals surface area contributed by atoms with Crippen molar-refractivity contribution in [2.45, 2.75) is 52.0 Å². The molecule has 1 aromatic carbocycles. The van der Waals surface area contributed by atoms with Crippen LogP contribution in [-0.2, 0) is 6.42 Å². The van der Waals surface area contributed by atoms with Gasteiger partial charge in [0.15, 0.2) is 5.82 Å². The smallest absolute Gasteiger partial charge is 0.257 e. The maximum atomic E-state index is 16.0. The van der Waals surface area contributed by atoms with Gasteiger partial charge in [-0.1, -0.05) is 31.8 Å². The maximum absolute atomic E-state index is 16.0. The van der Waals surface area contributed by atoms with Crippen molar-refractivity contribution in [3.63, 3.8) is 0 Å². The van der Waals surface area contributed by atoms with Gasteiger partial charge in [0.1, 0.15) is 23.2 Å². The zero-order valence-electron chi connectivity index (χ0n) is 22.6. The van der Waals surface area contributed by atoms with Crippen LogP contribution in [0.1, 0.15) is 77.8 Å². The van der Waals surface area contributed by atoms with Crippen LogP contribution in [0, 0.1) is 17.7 Å². The number of fused-ring (bicyclic) bond motifs is 1. The Bertz CT molecular complexity index is 1500. The number of aromatic amines is 1. The van der Waals surface area contributed by atoms with Gasteiger partial charge >= 0.3 is 0 Å². The fourth-order valence-corrected chi connectivity index (χ4v) is 5.40. The first-order valence-electron chi connectivity index (χ1n) is 13.4. The van der Waals surface area contributed by atoms with E-state index in [1.54, 1.807) is 32.3 Å². The molecule has 39 heavy (non-hydrogen) atoms. The Morgan fingerprint density at radius 2 is 1.92 bits per heavy atom. The van der Waals surface area contributed by atoms with E-state index in [0.29, 0.717) is 46.1 Å². The normalized spacial score (nSPS) is 18.2. The van der Waals surface area contributed by atoms with E-state index in [0.717, 1.165) is 25.7 Å². The van der Waals surface area contributed by atoms with Crippen LogP contribution in [-0.4, -0.2) is 50.9 Å². The number of nitrogens with zero attached hydrogens (tertiary/aromatic N) is 4. The van der Waals surface area contributed by atoms with Crippen molar-refractivity contribution in [1.82, 2.24) is 30.3 Å². The number of imidazole rings is 1. The first-order chi connectivity index (χ1) is 18.8. The average molecular weight is 533 g/mol. The van der Waals surface area contributed by atoms with Gasteiger partial charge in [-0.2, -0.15) is 0 Å². The van der Waals surface area contributed by atoms with Crippen molar-refractivity contribution in [3.05, 3.63) is 65.3 Å². The van der Waals surface area contributed by atoms with E-state index in [4.69, 9.17) is 4.52 Å². The molecule has 0 radical (unpaired) electrons. The van der Waals surface area contributed by atoms with Gasteiger partial charge in [0.05, 0.1) is 22.8 Å². The van der Waals surface area contributed by atoms with Crippen LogP contribution in [0.3, 0.4) is 0 Å². The highest BCUT2D eigenvalue weighted by Gasteiger charge is 2.32. The van der Waals surface area contributed by atoms with Gasteiger partial charge in [-0.3, -0.25) is 14.6 Å². The molecule has 2 N–H and O–H groups in total. The van der Waals surface area contributed by atoms with Gasteiger partial charge in [0.25, 0.3) is 11.8 Å². The number of hydrogen-bond acceptors (Lipinski definition) is 6. The van der Waals surface area contributed by atoms with Crippen molar-refractivity contribution >= 4 is 22.8 Å². The number of aryl methyl sites for hydroxylation is 1. The van der Waals surface area contributed by atoms with Crippen LogP contribution in [0.4, 0.5) is 4.39 Å². The van der Waals surface area contributed by atoms with Gasteiger partial charge < -0.3 is 19.7 Å². The number of H-pyrrole nitrogens is 1. The highest BCUT2D eigenvalue weighted by atomic mass is 19.1. The summed E-state index contributed by atoms with van der Waals surface area (Å²) in [6, 6.07) is 4.52. The summed E-state index contributed by atoms with van der Waals surface area (Å²) < 4.78 is 21.1. The molecule has 0 bridgehead atoms. The predicted molar refractivity (Wildman–Crippen MR) is 145 cm³/mol. The van der Waals surface area contributed by atoms with E-state index in [2.05, 4.69) is 32.3 Å². The number of carbonyl (C=O) groups excluding carboxylic acids is 2. The van der Waals surface area contributed by atoms with Gasteiger partial charge in [-0.15, -0.1) is 0 Å². The van der Waals surface area contributed by atoms with Crippen LogP contribution in [0.5, 0.6) is 0 Å². The van der Waals surface area contributed by atoms with Crippen molar-refractivity contribution < 1.29 is 18.5 Å². The lowest BCUT2D eigenvalue weighted by atomic mass is 9.79. The van der Waals surface area contributed by atoms with Crippen LogP contribution >= 0.6 is 0 Å². The molecule has 1 fully saturated rings. The number of hydrogen-bond donors (Lipinski definition) is 2. The molecule has 10 heteroatoms. The molecule has 1 saturated carbocycles. The van der Waals surface area contributed by atoms with E-state index >= 15 is 4.39 Å². The summed E-state index contributed by atoms with van der Waals surface area (Å²) in [7, 11) is 3.30. The van der Waals surface area contributed by atoms with Gasteiger partial charge in [-0.25, -0.2) is 9.37 Å². The number of nitrogens with one attached hydrogen (secondary N) is 2. The summed E-state index contributed by atoms with van der Waals surface area (Å²) in [5.74, 6) is 0.173. The van der Waals surface area contributed by atoms with E-state index in [1.165, 1.54) is 23.6 Å². The number of rotatable bonds is 7. The third kappa shape index (κ3) is 5.15. The minimum Gasteiger partial charge on any atom is -0.364 e. The van der Waals surface area contributed by atoms with E-state index in [-0.39, 0.29) is 28.8 Å². The molecule has 204 valence electrons. The fourth-order valence-electron chi connectivity index (χ4n) is 5.40. The van der Waals surface area contributed by atoms with Gasteiger partial charge in [0.2, 0.25) is 0 Å². The predicted octanol–water partition coefficient (Wildman–Crippen LogP) is 5.31. The molecule has 1 aliphatic carbocycles. The number of amides is 2. The van der Waals surface area contributed by atoms with Crippen molar-refractivity contribution in [2.75, 3.05) is 14.1 Å². The van der Waals surface area contributed by atoms with Crippen LogP contribution in [0.15, 0.2) is 41.4 Å². The van der Waals surface area contributed by atoms with E-state index < -0.39 is 11.9 Å². The molecule has 4 aromatic rings. The van der Waals surface area contributed by atoms with Crippen molar-refractivity contribution in [3.8, 4) is 11.1 Å². The maximum Gasteiger partial charge on any atom is 0.257 e. The van der Waals surface area contributed by atoms with E-state index in [1.807, 2.05) is 6.92 Å². The minimum absolute atomic E-state index is 0.140. The molecule has 2 amide bonds. The van der Waals surface area contributed by atoms with Crippen molar-refractivity contribution in [1.29, 1.82) is 0 Å². The molecular formula is C29H33FN6O3. The molecule has 0 aliphatic heterocycles. The summed E-state index contributed by atoms with van der Waals surface area (Å²) in [6.07, 6.45) is 8.88. The lowest BCUT2D eigenvalue weighted by Gasteiger charge is -2.32. The van der Waals surface area contributed by atoms with Crippen LogP contribution in [0.25, 0.3) is 22.2 Å². The summed E-state index contributed by atoms with van der Waals surface area (Å²) in [6.45, 7) is 4.15. The Morgan fingerprint density at radius 1 is 1.15 bits per heavy atom. The highest BCUT2D eigenvalue weighted by Crippen LogP contribution is 2.38. The Kier molecular flexibility index (Phi) is 7.45. The summed E-state index contributed by atoms with van der Waals surface area (Å²) >= 11 is 0. The van der Waals surface area contributed by atoms with E-state index in [9.17, 15) is 9.59 Å². The molecule has 3 aromatic heterocycles.